The summed E-state index contributed by atoms with van der Waals surface area (Å²) in [5.41, 5.74) is 5.62. The highest BCUT2D eigenvalue weighted by molar-refractivity contribution is 7.09. The van der Waals surface area contributed by atoms with Crippen LogP contribution in [0.4, 0.5) is 5.69 Å². The fourth-order valence-electron chi connectivity index (χ4n) is 4.25. The maximum Gasteiger partial charge on any atom is 0.227 e. The Morgan fingerprint density at radius 3 is 2.73 bits per heavy atom. The molecule has 3 aromatic heterocycles. The highest BCUT2D eigenvalue weighted by Crippen LogP contribution is 2.35. The Kier molecular flexibility index (Phi) is 5.76. The minimum Gasteiger partial charge on any atom is -0.486 e. The molecule has 33 heavy (non-hydrogen) atoms. The second-order valence-electron chi connectivity index (χ2n) is 8.20. The normalized spacial score (nSPS) is 12.8. The topological polar surface area (TPSA) is 69.0 Å². The van der Waals surface area contributed by atoms with Crippen LogP contribution in [-0.2, 0) is 17.8 Å². The van der Waals surface area contributed by atoms with E-state index in [-0.39, 0.29) is 5.91 Å². The standard InChI is InChI=1S/C25H26N4O3S/c1-16-13-24-26-17(2)21(18(3)29(24)27-16)7-9-25(30)28(15-20-5-4-12-33-20)19-6-8-22-23(14-19)32-11-10-31-22/h4-6,8,12-14H,7,9-11,15H2,1-3H3. The zero-order chi connectivity index (χ0) is 22.9. The van der Waals surface area contributed by atoms with E-state index < -0.39 is 0 Å². The Morgan fingerprint density at radius 2 is 1.94 bits per heavy atom. The number of ether oxygens (including phenoxy) is 2. The van der Waals surface area contributed by atoms with E-state index in [1.807, 2.05) is 65.9 Å². The van der Waals surface area contributed by atoms with Gasteiger partial charge in [0.05, 0.1) is 12.2 Å². The molecule has 1 aliphatic rings. The Morgan fingerprint density at radius 1 is 1.12 bits per heavy atom. The van der Waals surface area contributed by atoms with Crippen molar-refractivity contribution in [3.63, 3.8) is 0 Å². The number of carbonyl (C=O) groups excluding carboxylic acids is 1. The van der Waals surface area contributed by atoms with Gasteiger partial charge >= 0.3 is 0 Å². The molecule has 0 N–H and O–H groups in total. The quantitative estimate of drug-likeness (QED) is 0.417. The summed E-state index contributed by atoms with van der Waals surface area (Å²) in [7, 11) is 0. The van der Waals surface area contributed by atoms with Crippen LogP contribution in [0.15, 0.2) is 41.8 Å². The summed E-state index contributed by atoms with van der Waals surface area (Å²) < 4.78 is 13.3. The Hall–Kier alpha value is -3.39. The number of thiophene rings is 1. The molecule has 1 aromatic carbocycles. The molecule has 0 saturated carbocycles. The summed E-state index contributed by atoms with van der Waals surface area (Å²) in [5.74, 6) is 1.45. The van der Waals surface area contributed by atoms with Crippen LogP contribution in [0.3, 0.4) is 0 Å². The molecule has 4 aromatic rings. The minimum absolute atomic E-state index is 0.0515. The molecule has 8 heteroatoms. The summed E-state index contributed by atoms with van der Waals surface area (Å²) in [4.78, 5) is 21.2. The van der Waals surface area contributed by atoms with Gasteiger partial charge < -0.3 is 14.4 Å². The van der Waals surface area contributed by atoms with Crippen LogP contribution in [0.25, 0.3) is 5.65 Å². The van der Waals surface area contributed by atoms with Crippen molar-refractivity contribution < 1.29 is 14.3 Å². The molecule has 0 radical (unpaired) electrons. The summed E-state index contributed by atoms with van der Waals surface area (Å²) in [6.07, 6.45) is 0.971. The molecule has 170 valence electrons. The van der Waals surface area contributed by atoms with Gasteiger partial charge in [-0.15, -0.1) is 11.3 Å². The number of rotatable bonds is 6. The van der Waals surface area contributed by atoms with Gasteiger partial charge in [0.2, 0.25) is 5.91 Å². The molecular weight excluding hydrogens is 436 g/mol. The van der Waals surface area contributed by atoms with Gasteiger partial charge in [0.25, 0.3) is 0 Å². The van der Waals surface area contributed by atoms with Crippen molar-refractivity contribution >= 4 is 28.6 Å². The highest BCUT2D eigenvalue weighted by Gasteiger charge is 2.21. The lowest BCUT2D eigenvalue weighted by atomic mass is 10.1. The van der Waals surface area contributed by atoms with Gasteiger partial charge in [-0.2, -0.15) is 5.10 Å². The summed E-state index contributed by atoms with van der Waals surface area (Å²) in [5, 5.41) is 6.58. The van der Waals surface area contributed by atoms with Crippen molar-refractivity contribution in [2.24, 2.45) is 0 Å². The first kappa shape index (κ1) is 21.5. The molecule has 1 amide bonds. The van der Waals surface area contributed by atoms with Crippen LogP contribution in [0.1, 0.15) is 33.9 Å². The van der Waals surface area contributed by atoms with Gasteiger partial charge in [0.15, 0.2) is 17.1 Å². The van der Waals surface area contributed by atoms with Crippen LogP contribution in [-0.4, -0.2) is 33.7 Å². The molecule has 0 bridgehead atoms. The second kappa shape index (κ2) is 8.86. The van der Waals surface area contributed by atoms with Gasteiger partial charge in [-0.05, 0) is 56.3 Å². The zero-order valence-electron chi connectivity index (χ0n) is 19.0. The van der Waals surface area contributed by atoms with E-state index >= 15 is 0 Å². The van der Waals surface area contributed by atoms with E-state index in [9.17, 15) is 4.79 Å². The van der Waals surface area contributed by atoms with Crippen LogP contribution in [0.2, 0.25) is 0 Å². The first-order valence-electron chi connectivity index (χ1n) is 11.0. The van der Waals surface area contributed by atoms with E-state index in [0.29, 0.717) is 44.1 Å². The number of aryl methyl sites for hydroxylation is 3. The third kappa shape index (κ3) is 4.30. The summed E-state index contributed by atoms with van der Waals surface area (Å²) in [6, 6.07) is 11.7. The van der Waals surface area contributed by atoms with E-state index in [1.54, 1.807) is 11.3 Å². The average Bonchev–Trinajstić information content (AvgIpc) is 3.46. The number of hydrogen-bond donors (Lipinski definition) is 0. The number of aromatic nitrogens is 3. The van der Waals surface area contributed by atoms with Crippen LogP contribution in [0, 0.1) is 20.8 Å². The van der Waals surface area contributed by atoms with Gasteiger partial charge in [0.1, 0.15) is 13.2 Å². The van der Waals surface area contributed by atoms with Crippen LogP contribution >= 0.6 is 11.3 Å². The maximum absolute atomic E-state index is 13.5. The monoisotopic (exact) mass is 462 g/mol. The van der Waals surface area contributed by atoms with Crippen LogP contribution in [0.5, 0.6) is 11.5 Å². The van der Waals surface area contributed by atoms with E-state index in [2.05, 4.69) is 11.2 Å². The Balaban J connectivity index is 1.41. The van der Waals surface area contributed by atoms with Crippen LogP contribution < -0.4 is 14.4 Å². The third-order valence-corrected chi connectivity index (χ3v) is 6.77. The van der Waals surface area contributed by atoms with E-state index in [1.165, 1.54) is 0 Å². The van der Waals surface area contributed by atoms with Crippen molar-refractivity contribution in [1.82, 2.24) is 14.6 Å². The van der Waals surface area contributed by atoms with Gasteiger partial charge in [-0.1, -0.05) is 6.07 Å². The number of anilines is 1. The zero-order valence-corrected chi connectivity index (χ0v) is 19.8. The largest absolute Gasteiger partial charge is 0.486 e. The molecule has 0 saturated heterocycles. The lowest BCUT2D eigenvalue weighted by Crippen LogP contribution is -2.30. The van der Waals surface area contributed by atoms with E-state index in [4.69, 9.17) is 14.5 Å². The predicted molar refractivity (Wildman–Crippen MR) is 128 cm³/mol. The number of nitrogens with zero attached hydrogens (tertiary/aromatic N) is 4. The van der Waals surface area contributed by atoms with Gasteiger partial charge in [0, 0.05) is 40.5 Å². The van der Waals surface area contributed by atoms with Crippen molar-refractivity contribution in [2.75, 3.05) is 18.1 Å². The molecule has 4 heterocycles. The fourth-order valence-corrected chi connectivity index (χ4v) is 4.94. The van der Waals surface area contributed by atoms with Crippen molar-refractivity contribution in [3.8, 4) is 11.5 Å². The summed E-state index contributed by atoms with van der Waals surface area (Å²) >= 11 is 1.64. The van der Waals surface area contributed by atoms with Crippen molar-refractivity contribution in [2.45, 2.75) is 40.2 Å². The fraction of sp³-hybridized carbons (Fsp3) is 0.320. The molecule has 1 aliphatic heterocycles. The van der Waals surface area contributed by atoms with E-state index in [0.717, 1.165) is 38.9 Å². The second-order valence-corrected chi connectivity index (χ2v) is 9.24. The van der Waals surface area contributed by atoms with Crippen molar-refractivity contribution in [1.29, 1.82) is 0 Å². The summed E-state index contributed by atoms with van der Waals surface area (Å²) in [6.45, 7) is 7.57. The SMILES string of the molecule is Cc1cc2nc(C)c(CCC(=O)N(Cc3cccs3)c3ccc4c(c3)OCCO4)c(C)n2n1. The Bertz CT molecular complexity index is 1310. The molecule has 0 atom stereocenters. The molecule has 5 rings (SSSR count). The molecular formula is C25H26N4O3S. The van der Waals surface area contributed by atoms with Gasteiger partial charge in [-0.25, -0.2) is 9.50 Å². The average molecular weight is 463 g/mol. The maximum atomic E-state index is 13.5. The number of benzene rings is 1. The lowest BCUT2D eigenvalue weighted by molar-refractivity contribution is -0.118. The van der Waals surface area contributed by atoms with Gasteiger partial charge in [-0.3, -0.25) is 4.79 Å². The smallest absolute Gasteiger partial charge is 0.227 e. The predicted octanol–water partition coefficient (Wildman–Crippen LogP) is 4.65. The lowest BCUT2D eigenvalue weighted by Gasteiger charge is -2.25. The highest BCUT2D eigenvalue weighted by atomic mass is 32.1. The minimum atomic E-state index is 0.0515. The number of carbonyl (C=O) groups is 1. The van der Waals surface area contributed by atoms with Crippen molar-refractivity contribution in [3.05, 3.63) is 69.3 Å². The first-order valence-corrected chi connectivity index (χ1v) is 11.9. The number of hydrogen-bond acceptors (Lipinski definition) is 6. The first-order chi connectivity index (χ1) is 16.0. The third-order valence-electron chi connectivity index (χ3n) is 5.91. The molecule has 0 aliphatic carbocycles. The molecule has 0 unspecified atom stereocenters. The molecule has 0 spiro atoms. The molecule has 7 nitrogen and oxygen atoms in total. The number of amides is 1. The Labute approximate surface area is 196 Å². The molecule has 0 fully saturated rings. The number of fused-ring (bicyclic) bond motifs is 2.